The summed E-state index contributed by atoms with van der Waals surface area (Å²) in [6.45, 7) is 1.11. The summed E-state index contributed by atoms with van der Waals surface area (Å²) >= 11 is 1.92. The maximum absolute atomic E-state index is 6.75. The molecule has 2 aliphatic rings. The second kappa shape index (κ2) is 9.53. The van der Waals surface area contributed by atoms with Crippen molar-refractivity contribution in [3.05, 3.63) is 145 Å². The molecule has 2 aromatic heterocycles. The van der Waals surface area contributed by atoms with E-state index in [0.29, 0.717) is 12.1 Å². The number of rotatable bonds is 4. The Balaban J connectivity index is 1.06. The van der Waals surface area contributed by atoms with Crippen LogP contribution < -0.4 is 11.1 Å². The highest BCUT2D eigenvalue weighted by Crippen LogP contribution is 2.49. The highest BCUT2D eigenvalue weighted by Gasteiger charge is 2.53. The summed E-state index contributed by atoms with van der Waals surface area (Å²) in [6, 6.07) is 49.1. The summed E-state index contributed by atoms with van der Waals surface area (Å²) in [5.41, 5.74) is 15.9. The summed E-state index contributed by atoms with van der Waals surface area (Å²) in [5, 5.41) is 9.22. The van der Waals surface area contributed by atoms with Gasteiger partial charge in [0.15, 0.2) is 0 Å². The van der Waals surface area contributed by atoms with E-state index in [-0.39, 0.29) is 6.17 Å². The molecule has 0 saturated carbocycles. The van der Waals surface area contributed by atoms with Crippen molar-refractivity contribution in [1.82, 2.24) is 14.8 Å². The molecule has 4 heterocycles. The molecule has 10 rings (SSSR count). The van der Waals surface area contributed by atoms with E-state index in [0.717, 1.165) is 34.6 Å². The normalized spacial score (nSPS) is 20.8. The van der Waals surface area contributed by atoms with Crippen molar-refractivity contribution in [3.63, 3.8) is 0 Å². The lowest BCUT2D eigenvalue weighted by molar-refractivity contribution is 0.394. The Hall–Kier alpha value is -4.94. The Morgan fingerprint density at radius 3 is 2.36 bits per heavy atom. The predicted octanol–water partition coefficient (Wildman–Crippen LogP) is 9.43. The van der Waals surface area contributed by atoms with Gasteiger partial charge in [-0.2, -0.15) is 0 Å². The summed E-state index contributed by atoms with van der Waals surface area (Å²) in [7, 11) is 0. The van der Waals surface area contributed by atoms with Gasteiger partial charge in [0.25, 0.3) is 0 Å². The van der Waals surface area contributed by atoms with Gasteiger partial charge >= 0.3 is 0 Å². The topological polar surface area (TPSA) is 46.0 Å². The van der Waals surface area contributed by atoms with E-state index in [1.807, 2.05) is 17.4 Å². The van der Waals surface area contributed by atoms with Crippen LogP contribution in [0.2, 0.25) is 0 Å². The van der Waals surface area contributed by atoms with Gasteiger partial charge in [0, 0.05) is 60.5 Å². The lowest BCUT2D eigenvalue weighted by Crippen LogP contribution is -2.25. The number of nitrogen functional groups attached to an aromatic ring is 1. The van der Waals surface area contributed by atoms with Crippen molar-refractivity contribution in [2.75, 3.05) is 12.3 Å². The fourth-order valence-electron chi connectivity index (χ4n) is 7.75. The molecule has 0 bridgehead atoms. The summed E-state index contributed by atoms with van der Waals surface area (Å²) in [5.74, 6) is 0. The van der Waals surface area contributed by atoms with E-state index in [9.17, 15) is 0 Å². The summed E-state index contributed by atoms with van der Waals surface area (Å²) < 4.78 is 5.15. The second-order valence-electron chi connectivity index (χ2n) is 12.4. The van der Waals surface area contributed by atoms with Gasteiger partial charge in [0.2, 0.25) is 0 Å². The van der Waals surface area contributed by atoms with Crippen LogP contribution in [-0.4, -0.2) is 22.1 Å². The molecule has 4 nitrogen and oxygen atoms in total. The van der Waals surface area contributed by atoms with E-state index in [1.54, 1.807) is 0 Å². The number of anilines is 1. The van der Waals surface area contributed by atoms with E-state index in [2.05, 4.69) is 142 Å². The molecule has 8 aromatic rings. The molecular weight excluding hydrogens is 569 g/mol. The standard InChI is InChI=1S/C40H30N4S/c41-33-22-35-32(21-31(33)24-10-2-1-3-11-24)27-14-4-6-18-34(27)44(35)26-13-8-12-25(20-26)40-42-38(36-23-43(36)40)30-17-9-16-29-28-15-5-7-19-37(28)45-39(29)30/h1-22,36,38,40,42H,23,41H2. The summed E-state index contributed by atoms with van der Waals surface area (Å²) in [4.78, 5) is 2.60. The van der Waals surface area contributed by atoms with Gasteiger partial charge < -0.3 is 10.3 Å². The lowest BCUT2D eigenvalue weighted by atomic mass is 10.0. The minimum Gasteiger partial charge on any atom is -0.398 e. The molecular formula is C40H30N4S. The zero-order valence-electron chi connectivity index (χ0n) is 24.5. The van der Waals surface area contributed by atoms with Crippen molar-refractivity contribution in [3.8, 4) is 16.8 Å². The van der Waals surface area contributed by atoms with E-state index in [4.69, 9.17) is 5.73 Å². The minimum absolute atomic E-state index is 0.174. The lowest BCUT2D eigenvalue weighted by Gasteiger charge is -2.20. The Bertz CT molecular complexity index is 2440. The van der Waals surface area contributed by atoms with E-state index in [1.165, 1.54) is 47.6 Å². The fraction of sp³-hybridized carbons (Fsp3) is 0.100. The first-order valence-corrected chi connectivity index (χ1v) is 16.4. The average Bonchev–Trinajstić information content (AvgIpc) is 3.48. The first kappa shape index (κ1) is 25.4. The van der Waals surface area contributed by atoms with Crippen LogP contribution in [0, 0.1) is 0 Å². The monoisotopic (exact) mass is 598 g/mol. The van der Waals surface area contributed by atoms with Crippen molar-refractivity contribution in [2.24, 2.45) is 0 Å². The van der Waals surface area contributed by atoms with Crippen molar-refractivity contribution in [2.45, 2.75) is 18.2 Å². The van der Waals surface area contributed by atoms with Crippen LogP contribution in [-0.2, 0) is 0 Å². The largest absolute Gasteiger partial charge is 0.398 e. The fourth-order valence-corrected chi connectivity index (χ4v) is 9.00. The third-order valence-electron chi connectivity index (χ3n) is 9.89. The maximum Gasteiger partial charge on any atom is 0.0870 e. The molecule has 0 spiro atoms. The molecule has 2 saturated heterocycles. The highest BCUT2D eigenvalue weighted by atomic mass is 32.1. The number of nitrogens with one attached hydrogen (secondary N) is 1. The van der Waals surface area contributed by atoms with Crippen LogP contribution >= 0.6 is 11.3 Å². The van der Waals surface area contributed by atoms with Crippen molar-refractivity contribution >= 4 is 59.0 Å². The summed E-state index contributed by atoms with van der Waals surface area (Å²) in [6.07, 6.45) is 0.174. The SMILES string of the molecule is Nc1cc2c(cc1-c1ccccc1)c1ccccc1n2-c1cccc(C2NC(c3cccc4c3sc3ccccc34)C3CN23)c1. The number of nitrogens with zero attached hydrogens (tertiary/aromatic N) is 2. The van der Waals surface area contributed by atoms with Gasteiger partial charge in [-0.15, -0.1) is 11.3 Å². The van der Waals surface area contributed by atoms with Gasteiger partial charge in [-0.3, -0.25) is 10.2 Å². The third kappa shape index (κ3) is 3.78. The highest BCUT2D eigenvalue weighted by molar-refractivity contribution is 7.26. The Kier molecular flexibility index (Phi) is 5.38. The number of para-hydroxylation sites is 1. The molecule has 216 valence electrons. The van der Waals surface area contributed by atoms with Gasteiger partial charge in [0.1, 0.15) is 0 Å². The quantitative estimate of drug-likeness (QED) is 0.157. The molecule has 2 aliphatic heterocycles. The minimum atomic E-state index is 0.174. The van der Waals surface area contributed by atoms with Gasteiger partial charge in [0.05, 0.1) is 23.2 Å². The Labute approximate surface area is 264 Å². The molecule has 4 unspecified atom stereocenters. The van der Waals surface area contributed by atoms with E-state index < -0.39 is 0 Å². The smallest absolute Gasteiger partial charge is 0.0870 e. The van der Waals surface area contributed by atoms with Crippen LogP contribution in [0.5, 0.6) is 0 Å². The number of benzene rings is 6. The molecule has 4 atom stereocenters. The molecule has 45 heavy (non-hydrogen) atoms. The van der Waals surface area contributed by atoms with Crippen LogP contribution in [0.4, 0.5) is 5.69 Å². The van der Waals surface area contributed by atoms with Crippen LogP contribution in [0.3, 0.4) is 0 Å². The zero-order chi connectivity index (χ0) is 29.6. The van der Waals surface area contributed by atoms with Crippen LogP contribution in [0.1, 0.15) is 23.3 Å². The average molecular weight is 599 g/mol. The Morgan fingerprint density at radius 2 is 1.44 bits per heavy atom. The molecule has 0 amide bonds. The number of nitrogens with two attached hydrogens (primary N) is 1. The van der Waals surface area contributed by atoms with Gasteiger partial charge in [-0.25, -0.2) is 0 Å². The van der Waals surface area contributed by atoms with Crippen molar-refractivity contribution < 1.29 is 0 Å². The second-order valence-corrected chi connectivity index (χ2v) is 13.5. The zero-order valence-corrected chi connectivity index (χ0v) is 25.3. The molecule has 0 radical (unpaired) electrons. The number of hydrogen-bond donors (Lipinski definition) is 2. The number of aromatic nitrogens is 1. The first-order valence-electron chi connectivity index (χ1n) is 15.6. The number of hydrogen-bond acceptors (Lipinski definition) is 4. The van der Waals surface area contributed by atoms with Gasteiger partial charge in [-0.05, 0) is 53.1 Å². The molecule has 5 heteroatoms. The predicted molar refractivity (Wildman–Crippen MR) is 189 cm³/mol. The third-order valence-corrected chi connectivity index (χ3v) is 11.1. The van der Waals surface area contributed by atoms with Crippen molar-refractivity contribution in [1.29, 1.82) is 0 Å². The first-order chi connectivity index (χ1) is 22.2. The Morgan fingerprint density at radius 1 is 0.667 bits per heavy atom. The molecule has 2 fully saturated rings. The molecule has 3 N–H and O–H groups in total. The number of fused-ring (bicyclic) bond motifs is 7. The molecule has 0 aliphatic carbocycles. The van der Waals surface area contributed by atoms with Gasteiger partial charge in [-0.1, -0.05) is 97.1 Å². The number of thiophene rings is 1. The van der Waals surface area contributed by atoms with E-state index >= 15 is 0 Å². The van der Waals surface area contributed by atoms with Crippen LogP contribution in [0.25, 0.3) is 58.8 Å². The maximum atomic E-state index is 6.75. The van der Waals surface area contributed by atoms with Crippen LogP contribution in [0.15, 0.2) is 133 Å². The molecule has 6 aromatic carbocycles.